The third kappa shape index (κ3) is 2.35. The summed E-state index contributed by atoms with van der Waals surface area (Å²) in [5.41, 5.74) is 3.23. The molecule has 5 heteroatoms. The Morgan fingerprint density at radius 1 is 1.18 bits per heavy atom. The highest BCUT2D eigenvalue weighted by molar-refractivity contribution is 5.87. The van der Waals surface area contributed by atoms with Crippen molar-refractivity contribution in [1.82, 2.24) is 5.32 Å². The Labute approximate surface area is 128 Å². The molecule has 0 bridgehead atoms. The Hall–Kier alpha value is -2.69. The first-order chi connectivity index (χ1) is 10.8. The van der Waals surface area contributed by atoms with E-state index < -0.39 is 0 Å². The highest BCUT2D eigenvalue weighted by atomic mass is 16.7. The largest absolute Gasteiger partial charge is 0.454 e. The fourth-order valence-corrected chi connectivity index (χ4v) is 2.82. The Bertz CT molecular complexity index is 705. The molecule has 22 heavy (non-hydrogen) atoms. The lowest BCUT2D eigenvalue weighted by Gasteiger charge is -2.12. The van der Waals surface area contributed by atoms with Crippen LogP contribution in [0.3, 0.4) is 0 Å². The van der Waals surface area contributed by atoms with Crippen LogP contribution in [0.4, 0.5) is 5.69 Å². The highest BCUT2D eigenvalue weighted by Gasteiger charge is 2.26. The number of nitrogens with one attached hydrogen (secondary N) is 2. The molecule has 0 radical (unpaired) electrons. The second-order valence-corrected chi connectivity index (χ2v) is 5.46. The van der Waals surface area contributed by atoms with Crippen LogP contribution < -0.4 is 20.1 Å². The third-order valence-electron chi connectivity index (χ3n) is 3.99. The molecule has 5 nitrogen and oxygen atoms in total. The number of hydrogen-bond acceptors (Lipinski definition) is 4. The van der Waals surface area contributed by atoms with E-state index in [-0.39, 0.29) is 18.7 Å². The first-order valence-electron chi connectivity index (χ1n) is 7.30. The van der Waals surface area contributed by atoms with Crippen molar-refractivity contribution in [2.45, 2.75) is 19.0 Å². The molecule has 2 heterocycles. The number of benzene rings is 2. The number of amides is 1. The van der Waals surface area contributed by atoms with Crippen molar-refractivity contribution in [3.63, 3.8) is 0 Å². The van der Waals surface area contributed by atoms with Crippen LogP contribution in [0.2, 0.25) is 0 Å². The van der Waals surface area contributed by atoms with Crippen LogP contribution in [0.1, 0.15) is 11.1 Å². The van der Waals surface area contributed by atoms with Crippen molar-refractivity contribution in [3.05, 3.63) is 53.6 Å². The maximum Gasteiger partial charge on any atom is 0.243 e. The minimum Gasteiger partial charge on any atom is -0.454 e. The van der Waals surface area contributed by atoms with Gasteiger partial charge in [0, 0.05) is 18.7 Å². The van der Waals surface area contributed by atoms with E-state index in [0.717, 1.165) is 29.2 Å². The Kier molecular flexibility index (Phi) is 3.11. The zero-order valence-corrected chi connectivity index (χ0v) is 12.0. The fourth-order valence-electron chi connectivity index (χ4n) is 2.82. The molecule has 2 aliphatic rings. The van der Waals surface area contributed by atoms with Gasteiger partial charge in [-0.2, -0.15) is 0 Å². The second-order valence-electron chi connectivity index (χ2n) is 5.46. The van der Waals surface area contributed by atoms with Crippen molar-refractivity contribution < 1.29 is 14.3 Å². The van der Waals surface area contributed by atoms with E-state index in [2.05, 4.69) is 10.6 Å². The number of anilines is 1. The standard InChI is InChI=1S/C17H16N2O3/c20-17(14-8-12-3-1-2-4-13(12)19-14)18-9-11-5-6-15-16(7-11)22-10-21-15/h1-7,14,19H,8-10H2,(H,18,20). The molecule has 0 spiro atoms. The van der Waals surface area contributed by atoms with Crippen LogP contribution in [-0.2, 0) is 17.8 Å². The molecule has 2 N–H and O–H groups in total. The van der Waals surface area contributed by atoms with Gasteiger partial charge < -0.3 is 20.1 Å². The maximum atomic E-state index is 12.3. The molecule has 2 aromatic rings. The van der Waals surface area contributed by atoms with E-state index in [1.165, 1.54) is 5.56 Å². The lowest BCUT2D eigenvalue weighted by atomic mass is 10.1. The number of ether oxygens (including phenoxy) is 2. The lowest BCUT2D eigenvalue weighted by Crippen LogP contribution is -2.38. The molecule has 0 fully saturated rings. The van der Waals surface area contributed by atoms with E-state index in [1.54, 1.807) is 0 Å². The van der Waals surface area contributed by atoms with Crippen molar-refractivity contribution in [2.75, 3.05) is 12.1 Å². The fraction of sp³-hybridized carbons (Fsp3) is 0.235. The third-order valence-corrected chi connectivity index (χ3v) is 3.99. The van der Waals surface area contributed by atoms with Gasteiger partial charge in [-0.1, -0.05) is 24.3 Å². The first kappa shape index (κ1) is 13.0. The van der Waals surface area contributed by atoms with E-state index in [4.69, 9.17) is 9.47 Å². The highest BCUT2D eigenvalue weighted by Crippen LogP contribution is 2.32. The Morgan fingerprint density at radius 2 is 2.05 bits per heavy atom. The summed E-state index contributed by atoms with van der Waals surface area (Å²) in [4.78, 5) is 12.3. The van der Waals surface area contributed by atoms with Crippen LogP contribution in [0.15, 0.2) is 42.5 Å². The molecule has 0 saturated carbocycles. The van der Waals surface area contributed by atoms with Crippen molar-refractivity contribution >= 4 is 11.6 Å². The van der Waals surface area contributed by atoms with Crippen LogP contribution in [0.5, 0.6) is 11.5 Å². The quantitative estimate of drug-likeness (QED) is 0.910. The van der Waals surface area contributed by atoms with Crippen LogP contribution in [-0.4, -0.2) is 18.7 Å². The van der Waals surface area contributed by atoms with Gasteiger partial charge in [0.15, 0.2) is 11.5 Å². The molecule has 2 aliphatic heterocycles. The summed E-state index contributed by atoms with van der Waals surface area (Å²) in [5.74, 6) is 1.50. The van der Waals surface area contributed by atoms with Crippen molar-refractivity contribution in [1.29, 1.82) is 0 Å². The summed E-state index contributed by atoms with van der Waals surface area (Å²) in [6, 6.07) is 13.5. The number of fused-ring (bicyclic) bond motifs is 2. The van der Waals surface area contributed by atoms with E-state index >= 15 is 0 Å². The lowest BCUT2D eigenvalue weighted by molar-refractivity contribution is -0.121. The summed E-state index contributed by atoms with van der Waals surface area (Å²) in [5, 5.41) is 6.22. The molecule has 0 aromatic heterocycles. The summed E-state index contributed by atoms with van der Waals surface area (Å²) in [6.07, 6.45) is 0.725. The maximum absolute atomic E-state index is 12.3. The molecule has 0 aliphatic carbocycles. The van der Waals surface area contributed by atoms with E-state index in [1.807, 2.05) is 42.5 Å². The van der Waals surface area contributed by atoms with Crippen LogP contribution in [0, 0.1) is 0 Å². The number of rotatable bonds is 3. The van der Waals surface area contributed by atoms with Gasteiger partial charge in [-0.25, -0.2) is 0 Å². The van der Waals surface area contributed by atoms with Gasteiger partial charge in [0.2, 0.25) is 12.7 Å². The molecule has 1 atom stereocenters. The topological polar surface area (TPSA) is 59.6 Å². The summed E-state index contributed by atoms with van der Waals surface area (Å²) < 4.78 is 10.6. The molecule has 112 valence electrons. The zero-order valence-electron chi connectivity index (χ0n) is 12.0. The predicted octanol–water partition coefficient (Wildman–Crippen LogP) is 2.07. The Balaban J connectivity index is 1.37. The average Bonchev–Trinajstić information content (AvgIpc) is 3.18. The molecule has 1 unspecified atom stereocenters. The summed E-state index contributed by atoms with van der Waals surface area (Å²) in [6.45, 7) is 0.736. The normalized spacial score (nSPS) is 17.7. The van der Waals surface area contributed by atoms with Gasteiger partial charge in [-0.15, -0.1) is 0 Å². The minimum atomic E-state index is -0.202. The van der Waals surface area contributed by atoms with Crippen molar-refractivity contribution in [3.8, 4) is 11.5 Å². The monoisotopic (exact) mass is 296 g/mol. The molecular weight excluding hydrogens is 280 g/mol. The Morgan fingerprint density at radius 3 is 2.95 bits per heavy atom. The second kappa shape index (κ2) is 5.26. The van der Waals surface area contributed by atoms with E-state index in [9.17, 15) is 4.79 Å². The van der Waals surface area contributed by atoms with Crippen molar-refractivity contribution in [2.24, 2.45) is 0 Å². The zero-order chi connectivity index (χ0) is 14.9. The number of carbonyl (C=O) groups is 1. The molecular formula is C17H16N2O3. The molecule has 4 rings (SSSR count). The molecule has 2 aromatic carbocycles. The molecule has 0 saturated heterocycles. The number of carbonyl (C=O) groups excluding carboxylic acids is 1. The molecule has 1 amide bonds. The smallest absolute Gasteiger partial charge is 0.243 e. The summed E-state index contributed by atoms with van der Waals surface area (Å²) in [7, 11) is 0. The average molecular weight is 296 g/mol. The van der Waals surface area contributed by atoms with Gasteiger partial charge in [-0.05, 0) is 29.3 Å². The van der Waals surface area contributed by atoms with E-state index in [0.29, 0.717) is 6.54 Å². The van der Waals surface area contributed by atoms with Gasteiger partial charge in [-0.3, -0.25) is 4.79 Å². The predicted molar refractivity (Wildman–Crippen MR) is 82.0 cm³/mol. The van der Waals surface area contributed by atoms with Gasteiger partial charge in [0.1, 0.15) is 6.04 Å². The van der Waals surface area contributed by atoms with Gasteiger partial charge in [0.25, 0.3) is 0 Å². The van der Waals surface area contributed by atoms with Crippen LogP contribution in [0.25, 0.3) is 0 Å². The SMILES string of the molecule is O=C(NCc1ccc2c(c1)OCO2)C1Cc2ccccc2N1. The van der Waals surface area contributed by atoms with Gasteiger partial charge >= 0.3 is 0 Å². The first-order valence-corrected chi connectivity index (χ1v) is 7.30. The summed E-state index contributed by atoms with van der Waals surface area (Å²) >= 11 is 0. The number of para-hydroxylation sites is 1. The van der Waals surface area contributed by atoms with Gasteiger partial charge in [0.05, 0.1) is 0 Å². The van der Waals surface area contributed by atoms with Crippen LogP contribution >= 0.6 is 0 Å². The number of hydrogen-bond donors (Lipinski definition) is 2. The minimum absolute atomic E-state index is 0.00821.